The molecule has 0 unspecified atom stereocenters. The van der Waals surface area contributed by atoms with Gasteiger partial charge in [-0.2, -0.15) is 4.99 Å². The van der Waals surface area contributed by atoms with Crippen molar-refractivity contribution < 1.29 is 8.78 Å². The molecule has 0 N–H and O–H groups in total. The number of thiocarbonyl (C=S) groups is 1. The molecule has 0 spiro atoms. The molecule has 0 bridgehead atoms. The minimum absolute atomic E-state index is 0.144. The lowest BCUT2D eigenvalue weighted by atomic mass is 9.98. The SMILES string of the molecule is Fc1cc(-c2ccc(-c3ccc(CC4CC4)cc3)cc2)c(F)cc1N=C=S. The van der Waals surface area contributed by atoms with Crippen molar-refractivity contribution in [3.8, 4) is 22.3 Å². The van der Waals surface area contributed by atoms with Gasteiger partial charge < -0.3 is 0 Å². The molecule has 134 valence electrons. The predicted molar refractivity (Wildman–Crippen MR) is 108 cm³/mol. The molecular formula is C23H17F2NS. The highest BCUT2D eigenvalue weighted by atomic mass is 32.1. The molecule has 1 saturated carbocycles. The molecule has 3 aromatic rings. The van der Waals surface area contributed by atoms with Crippen molar-refractivity contribution in [2.75, 3.05) is 0 Å². The lowest BCUT2D eigenvalue weighted by Crippen LogP contribution is -1.89. The fourth-order valence-electron chi connectivity index (χ4n) is 3.22. The van der Waals surface area contributed by atoms with Crippen molar-refractivity contribution in [2.45, 2.75) is 19.3 Å². The van der Waals surface area contributed by atoms with Crippen LogP contribution in [0, 0.1) is 17.6 Å². The van der Waals surface area contributed by atoms with Gasteiger partial charge in [-0.05, 0) is 65.7 Å². The second-order valence-corrected chi connectivity index (χ2v) is 7.09. The molecule has 1 aliphatic rings. The maximum absolute atomic E-state index is 14.3. The van der Waals surface area contributed by atoms with Gasteiger partial charge in [0.05, 0.1) is 5.16 Å². The Morgan fingerprint density at radius 3 is 2.04 bits per heavy atom. The van der Waals surface area contributed by atoms with Crippen LogP contribution < -0.4 is 0 Å². The van der Waals surface area contributed by atoms with Gasteiger partial charge >= 0.3 is 0 Å². The van der Waals surface area contributed by atoms with Crippen LogP contribution in [0.1, 0.15) is 18.4 Å². The molecule has 3 aromatic carbocycles. The summed E-state index contributed by atoms with van der Waals surface area (Å²) in [6.07, 6.45) is 3.85. The van der Waals surface area contributed by atoms with Crippen molar-refractivity contribution >= 4 is 23.1 Å². The van der Waals surface area contributed by atoms with E-state index < -0.39 is 11.6 Å². The average Bonchev–Trinajstić information content (AvgIpc) is 3.50. The highest BCUT2D eigenvalue weighted by molar-refractivity contribution is 7.78. The van der Waals surface area contributed by atoms with Gasteiger partial charge in [-0.15, -0.1) is 0 Å². The highest BCUT2D eigenvalue weighted by Gasteiger charge is 2.21. The third-order valence-corrected chi connectivity index (χ3v) is 5.00. The van der Waals surface area contributed by atoms with E-state index in [1.165, 1.54) is 18.4 Å². The average molecular weight is 377 g/mol. The molecule has 0 saturated heterocycles. The Balaban J connectivity index is 1.58. The minimum Gasteiger partial charge on any atom is -0.206 e. The number of halogens is 2. The van der Waals surface area contributed by atoms with E-state index in [-0.39, 0.29) is 11.3 Å². The minimum atomic E-state index is -0.626. The summed E-state index contributed by atoms with van der Waals surface area (Å²) in [5.74, 6) is -0.303. The van der Waals surface area contributed by atoms with E-state index in [1.54, 1.807) is 12.1 Å². The first-order valence-corrected chi connectivity index (χ1v) is 9.31. The summed E-state index contributed by atoms with van der Waals surface area (Å²) in [7, 11) is 0. The van der Waals surface area contributed by atoms with E-state index in [2.05, 4.69) is 46.6 Å². The first-order valence-electron chi connectivity index (χ1n) is 8.91. The van der Waals surface area contributed by atoms with Crippen LogP contribution in [0.15, 0.2) is 65.7 Å². The zero-order valence-electron chi connectivity index (χ0n) is 14.6. The van der Waals surface area contributed by atoms with Crippen LogP contribution in [0.3, 0.4) is 0 Å². The van der Waals surface area contributed by atoms with E-state index in [1.807, 2.05) is 12.1 Å². The Labute approximate surface area is 162 Å². The van der Waals surface area contributed by atoms with Gasteiger partial charge in [0, 0.05) is 11.6 Å². The van der Waals surface area contributed by atoms with Crippen LogP contribution in [0.4, 0.5) is 14.5 Å². The zero-order valence-corrected chi connectivity index (χ0v) is 15.4. The molecular weight excluding hydrogens is 360 g/mol. The number of rotatable bonds is 5. The monoisotopic (exact) mass is 377 g/mol. The van der Waals surface area contributed by atoms with Gasteiger partial charge in [0.2, 0.25) is 0 Å². The summed E-state index contributed by atoms with van der Waals surface area (Å²) in [4.78, 5) is 3.53. The number of hydrogen-bond donors (Lipinski definition) is 0. The fourth-order valence-corrected chi connectivity index (χ4v) is 3.32. The first kappa shape index (κ1) is 17.7. The van der Waals surface area contributed by atoms with Crippen molar-refractivity contribution in [1.29, 1.82) is 0 Å². The molecule has 0 aliphatic heterocycles. The predicted octanol–water partition coefficient (Wildman–Crippen LogP) is 6.99. The fraction of sp³-hybridized carbons (Fsp3) is 0.174. The molecule has 0 atom stereocenters. The van der Waals surface area contributed by atoms with Crippen molar-refractivity contribution in [3.63, 3.8) is 0 Å². The molecule has 27 heavy (non-hydrogen) atoms. The summed E-state index contributed by atoms with van der Waals surface area (Å²) < 4.78 is 28.4. The number of isothiocyanates is 1. The van der Waals surface area contributed by atoms with E-state index in [4.69, 9.17) is 0 Å². The van der Waals surface area contributed by atoms with Crippen LogP contribution >= 0.6 is 12.2 Å². The lowest BCUT2D eigenvalue weighted by Gasteiger charge is -2.08. The summed E-state index contributed by atoms with van der Waals surface area (Å²) in [6, 6.07) is 18.2. The van der Waals surface area contributed by atoms with Crippen LogP contribution in [-0.2, 0) is 6.42 Å². The van der Waals surface area contributed by atoms with E-state index in [0.717, 1.165) is 35.6 Å². The largest absolute Gasteiger partial charge is 0.206 e. The summed E-state index contributed by atoms with van der Waals surface area (Å²) in [5, 5.41) is 2.06. The Morgan fingerprint density at radius 2 is 1.44 bits per heavy atom. The lowest BCUT2D eigenvalue weighted by molar-refractivity contribution is 0.605. The van der Waals surface area contributed by atoms with Gasteiger partial charge in [-0.1, -0.05) is 48.5 Å². The molecule has 1 aliphatic carbocycles. The Morgan fingerprint density at radius 1 is 0.852 bits per heavy atom. The van der Waals surface area contributed by atoms with Crippen LogP contribution in [0.2, 0.25) is 0 Å². The van der Waals surface area contributed by atoms with Gasteiger partial charge in [0.15, 0.2) is 0 Å². The zero-order chi connectivity index (χ0) is 18.8. The van der Waals surface area contributed by atoms with Gasteiger partial charge in [0.1, 0.15) is 17.3 Å². The molecule has 4 heteroatoms. The smallest absolute Gasteiger partial charge is 0.150 e. The molecule has 0 radical (unpaired) electrons. The maximum Gasteiger partial charge on any atom is 0.150 e. The van der Waals surface area contributed by atoms with Crippen molar-refractivity contribution in [3.05, 3.63) is 77.9 Å². The topological polar surface area (TPSA) is 12.4 Å². The van der Waals surface area contributed by atoms with Crippen LogP contribution in [0.5, 0.6) is 0 Å². The van der Waals surface area contributed by atoms with E-state index in [9.17, 15) is 8.78 Å². The van der Waals surface area contributed by atoms with E-state index in [0.29, 0.717) is 5.56 Å². The third kappa shape index (κ3) is 4.02. The van der Waals surface area contributed by atoms with Crippen LogP contribution in [-0.4, -0.2) is 5.16 Å². The quantitative estimate of drug-likeness (QED) is 0.345. The molecule has 4 rings (SSSR count). The van der Waals surface area contributed by atoms with Gasteiger partial charge in [-0.25, -0.2) is 8.78 Å². The van der Waals surface area contributed by atoms with Crippen molar-refractivity contribution in [1.82, 2.24) is 0 Å². The second-order valence-electron chi connectivity index (χ2n) is 6.91. The van der Waals surface area contributed by atoms with Crippen LogP contribution in [0.25, 0.3) is 22.3 Å². The molecule has 0 amide bonds. The second kappa shape index (κ2) is 7.51. The Hall–Kier alpha value is -2.68. The van der Waals surface area contributed by atoms with Gasteiger partial charge in [-0.3, -0.25) is 0 Å². The highest BCUT2D eigenvalue weighted by Crippen LogP contribution is 2.34. The molecule has 0 heterocycles. The Kier molecular flexibility index (Phi) is 4.93. The van der Waals surface area contributed by atoms with E-state index >= 15 is 0 Å². The summed E-state index contributed by atoms with van der Waals surface area (Å²) in [6.45, 7) is 0. The molecule has 0 aromatic heterocycles. The third-order valence-electron chi connectivity index (χ3n) is 4.91. The number of benzene rings is 3. The normalized spacial score (nSPS) is 13.3. The number of nitrogens with zero attached hydrogens (tertiary/aromatic N) is 1. The maximum atomic E-state index is 14.3. The summed E-state index contributed by atoms with van der Waals surface area (Å²) >= 11 is 4.45. The Bertz CT molecular complexity index is 1020. The van der Waals surface area contributed by atoms with Gasteiger partial charge in [0.25, 0.3) is 0 Å². The first-order chi connectivity index (χ1) is 13.1. The van der Waals surface area contributed by atoms with Crippen molar-refractivity contribution in [2.24, 2.45) is 10.9 Å². The summed E-state index contributed by atoms with van der Waals surface area (Å²) in [5.41, 5.74) is 4.18. The number of hydrogen-bond acceptors (Lipinski definition) is 2. The molecule has 1 nitrogen and oxygen atoms in total. The number of aliphatic imine (C=N–C) groups is 1. The molecule has 1 fully saturated rings. The standard InChI is InChI=1S/C23H17F2NS/c24-21-13-23(26-14-27)22(25)12-20(21)19-9-7-18(8-10-19)17-5-3-16(4-6-17)11-15-1-2-15/h3-10,12-13,15H,1-2,11H2.